The van der Waals surface area contributed by atoms with Gasteiger partial charge >= 0.3 is 5.97 Å². The van der Waals surface area contributed by atoms with Gasteiger partial charge in [0.25, 0.3) is 0 Å². The van der Waals surface area contributed by atoms with Gasteiger partial charge in [0, 0.05) is 11.0 Å². The maximum Gasteiger partial charge on any atom is 0.323 e. The minimum Gasteiger partial charge on any atom is -0.465 e. The van der Waals surface area contributed by atoms with Crippen molar-refractivity contribution >= 4 is 17.7 Å². The van der Waals surface area contributed by atoms with Crippen LogP contribution in [0.3, 0.4) is 0 Å². The van der Waals surface area contributed by atoms with Crippen LogP contribution >= 0.6 is 11.8 Å². The molecule has 0 radical (unpaired) electrons. The van der Waals surface area contributed by atoms with Crippen LogP contribution in [-0.4, -0.2) is 29.6 Å². The average Bonchev–Trinajstić information content (AvgIpc) is 2.15. The summed E-state index contributed by atoms with van der Waals surface area (Å²) in [4.78, 5) is 11.2. The number of carbonyl (C=O) groups is 1. The van der Waals surface area contributed by atoms with Crippen LogP contribution in [0.5, 0.6) is 0 Å². The fourth-order valence-electron chi connectivity index (χ4n) is 1.08. The molecule has 0 fully saturated rings. The van der Waals surface area contributed by atoms with E-state index in [0.29, 0.717) is 17.6 Å². The molecule has 0 saturated heterocycles. The summed E-state index contributed by atoms with van der Waals surface area (Å²) in [5.41, 5.74) is 5.65. The maximum atomic E-state index is 11.2. The van der Waals surface area contributed by atoms with E-state index in [-0.39, 0.29) is 5.97 Å². The number of thioether (sulfide) groups is 1. The van der Waals surface area contributed by atoms with Crippen molar-refractivity contribution in [3.63, 3.8) is 0 Å². The standard InChI is InChI=1S/C10H21NO2S/c1-4-6-8(3)14-7-9(11)10(12)13-5-2/h8-9H,4-7,11H2,1-3H3. The maximum absolute atomic E-state index is 11.2. The molecule has 0 aliphatic rings. The van der Waals surface area contributed by atoms with Crippen LogP contribution in [0.1, 0.15) is 33.6 Å². The van der Waals surface area contributed by atoms with Crippen LogP contribution in [0.4, 0.5) is 0 Å². The van der Waals surface area contributed by atoms with Crippen molar-refractivity contribution in [3.05, 3.63) is 0 Å². The molecule has 0 amide bonds. The van der Waals surface area contributed by atoms with Crippen molar-refractivity contribution in [3.8, 4) is 0 Å². The van der Waals surface area contributed by atoms with Gasteiger partial charge in [-0.1, -0.05) is 20.3 Å². The normalized spacial score (nSPS) is 14.9. The Balaban J connectivity index is 3.61. The van der Waals surface area contributed by atoms with Gasteiger partial charge in [-0.05, 0) is 13.3 Å². The van der Waals surface area contributed by atoms with E-state index >= 15 is 0 Å². The van der Waals surface area contributed by atoms with E-state index in [1.165, 1.54) is 12.8 Å². The number of nitrogens with two attached hydrogens (primary N) is 1. The molecule has 0 bridgehead atoms. The van der Waals surface area contributed by atoms with Gasteiger partial charge in [0.2, 0.25) is 0 Å². The first-order valence-corrected chi connectivity index (χ1v) is 6.20. The zero-order valence-corrected chi connectivity index (χ0v) is 10.1. The molecule has 3 nitrogen and oxygen atoms in total. The van der Waals surface area contributed by atoms with Crippen LogP contribution < -0.4 is 5.73 Å². The SMILES string of the molecule is CCCC(C)SCC(N)C(=O)OCC. The van der Waals surface area contributed by atoms with Crippen LogP contribution in [0.25, 0.3) is 0 Å². The Morgan fingerprint density at radius 3 is 2.64 bits per heavy atom. The molecule has 4 heteroatoms. The predicted molar refractivity (Wildman–Crippen MR) is 61.4 cm³/mol. The summed E-state index contributed by atoms with van der Waals surface area (Å²) < 4.78 is 4.82. The number of ether oxygens (including phenoxy) is 1. The zero-order chi connectivity index (χ0) is 11.0. The highest BCUT2D eigenvalue weighted by Crippen LogP contribution is 2.16. The molecular weight excluding hydrogens is 198 g/mol. The summed E-state index contributed by atoms with van der Waals surface area (Å²) in [5.74, 6) is 0.365. The van der Waals surface area contributed by atoms with Gasteiger partial charge < -0.3 is 10.5 Å². The molecule has 0 heterocycles. The largest absolute Gasteiger partial charge is 0.465 e. The molecule has 0 spiro atoms. The molecule has 0 aliphatic heterocycles. The summed E-state index contributed by atoms with van der Waals surface area (Å²) in [5, 5.41) is 0.570. The van der Waals surface area contributed by atoms with E-state index in [4.69, 9.17) is 10.5 Å². The van der Waals surface area contributed by atoms with Gasteiger partial charge in [-0.25, -0.2) is 0 Å². The lowest BCUT2D eigenvalue weighted by Crippen LogP contribution is -2.35. The topological polar surface area (TPSA) is 52.3 Å². The Bertz CT molecular complexity index is 164. The molecule has 0 saturated carbocycles. The lowest BCUT2D eigenvalue weighted by molar-refractivity contribution is -0.144. The molecule has 2 N–H and O–H groups in total. The summed E-state index contributed by atoms with van der Waals surface area (Å²) in [6, 6.07) is -0.473. The first kappa shape index (κ1) is 13.8. The molecule has 14 heavy (non-hydrogen) atoms. The Kier molecular flexibility index (Phi) is 7.99. The van der Waals surface area contributed by atoms with Gasteiger partial charge in [0.05, 0.1) is 6.61 Å². The summed E-state index contributed by atoms with van der Waals surface area (Å²) in [7, 11) is 0. The number of carbonyl (C=O) groups excluding carboxylic acids is 1. The van der Waals surface area contributed by atoms with E-state index < -0.39 is 6.04 Å². The summed E-state index contributed by atoms with van der Waals surface area (Å²) in [6.07, 6.45) is 2.34. The second-order valence-corrected chi connectivity index (χ2v) is 4.76. The van der Waals surface area contributed by atoms with Crippen molar-refractivity contribution < 1.29 is 9.53 Å². The summed E-state index contributed by atoms with van der Waals surface area (Å²) in [6.45, 7) is 6.51. The van der Waals surface area contributed by atoms with Gasteiger partial charge in [0.1, 0.15) is 6.04 Å². The number of hydrogen-bond donors (Lipinski definition) is 1. The smallest absolute Gasteiger partial charge is 0.323 e. The van der Waals surface area contributed by atoms with E-state index in [0.717, 1.165) is 0 Å². The van der Waals surface area contributed by atoms with Crippen molar-refractivity contribution in [2.45, 2.75) is 44.9 Å². The Hall–Kier alpha value is -0.220. The first-order chi connectivity index (χ1) is 6.61. The van der Waals surface area contributed by atoms with E-state index in [2.05, 4.69) is 13.8 Å². The van der Waals surface area contributed by atoms with Crippen molar-refractivity contribution in [1.82, 2.24) is 0 Å². The molecule has 84 valence electrons. The predicted octanol–water partition coefficient (Wildman–Crippen LogP) is 1.80. The highest BCUT2D eigenvalue weighted by molar-refractivity contribution is 7.99. The monoisotopic (exact) mass is 219 g/mol. The number of hydrogen-bond acceptors (Lipinski definition) is 4. The Morgan fingerprint density at radius 2 is 2.14 bits per heavy atom. The molecule has 0 aromatic heterocycles. The lowest BCUT2D eigenvalue weighted by atomic mass is 10.3. The van der Waals surface area contributed by atoms with E-state index in [1.807, 2.05) is 0 Å². The lowest BCUT2D eigenvalue weighted by Gasteiger charge is -2.13. The molecule has 0 aromatic carbocycles. The minimum atomic E-state index is -0.473. The molecule has 0 aromatic rings. The van der Waals surface area contributed by atoms with E-state index in [1.54, 1.807) is 18.7 Å². The molecular formula is C10H21NO2S. The number of rotatable bonds is 7. The Morgan fingerprint density at radius 1 is 1.50 bits per heavy atom. The average molecular weight is 219 g/mol. The minimum absolute atomic E-state index is 0.288. The van der Waals surface area contributed by atoms with Crippen LogP contribution in [0.2, 0.25) is 0 Å². The van der Waals surface area contributed by atoms with Crippen LogP contribution in [0, 0.1) is 0 Å². The Labute approximate surface area is 90.8 Å². The number of esters is 1. The fraction of sp³-hybridized carbons (Fsp3) is 0.900. The van der Waals surface area contributed by atoms with E-state index in [9.17, 15) is 4.79 Å². The van der Waals surface area contributed by atoms with Gasteiger partial charge in [-0.15, -0.1) is 0 Å². The van der Waals surface area contributed by atoms with Crippen LogP contribution in [0.15, 0.2) is 0 Å². The van der Waals surface area contributed by atoms with Gasteiger partial charge in [-0.2, -0.15) is 11.8 Å². The molecule has 2 atom stereocenters. The highest BCUT2D eigenvalue weighted by atomic mass is 32.2. The van der Waals surface area contributed by atoms with Gasteiger partial charge in [0.15, 0.2) is 0 Å². The zero-order valence-electron chi connectivity index (χ0n) is 9.29. The van der Waals surface area contributed by atoms with Crippen molar-refractivity contribution in [2.75, 3.05) is 12.4 Å². The van der Waals surface area contributed by atoms with Crippen molar-refractivity contribution in [2.24, 2.45) is 5.73 Å². The third-order valence-corrected chi connectivity index (χ3v) is 3.20. The quantitative estimate of drug-likeness (QED) is 0.663. The van der Waals surface area contributed by atoms with Gasteiger partial charge in [-0.3, -0.25) is 4.79 Å². The fourth-order valence-corrected chi connectivity index (χ4v) is 2.15. The second-order valence-electron chi connectivity index (χ2n) is 3.29. The molecule has 2 unspecified atom stereocenters. The molecule has 0 aliphatic carbocycles. The summed E-state index contributed by atoms with van der Waals surface area (Å²) >= 11 is 1.74. The second kappa shape index (κ2) is 8.12. The third kappa shape index (κ3) is 6.27. The van der Waals surface area contributed by atoms with Crippen molar-refractivity contribution in [1.29, 1.82) is 0 Å². The molecule has 0 rings (SSSR count). The third-order valence-electron chi connectivity index (χ3n) is 1.84. The highest BCUT2D eigenvalue weighted by Gasteiger charge is 2.15. The first-order valence-electron chi connectivity index (χ1n) is 5.15. The van der Waals surface area contributed by atoms with Crippen LogP contribution in [-0.2, 0) is 9.53 Å².